The van der Waals surface area contributed by atoms with Crippen LogP contribution in [0.2, 0.25) is 0 Å². The van der Waals surface area contributed by atoms with Crippen molar-refractivity contribution in [2.24, 2.45) is 0 Å². The molecule has 0 aliphatic rings. The van der Waals surface area contributed by atoms with E-state index in [4.69, 9.17) is 9.84 Å². The predicted octanol–water partition coefficient (Wildman–Crippen LogP) is 2.07. The highest BCUT2D eigenvalue weighted by molar-refractivity contribution is 7.99. The first kappa shape index (κ1) is 18.9. The van der Waals surface area contributed by atoms with Gasteiger partial charge in [0.15, 0.2) is 5.13 Å². The number of nitrogens with one attached hydrogen (secondary N) is 1. The maximum Gasteiger partial charge on any atom is 0.354 e. The third kappa shape index (κ3) is 6.16. The average molecular weight is 381 g/mol. The van der Waals surface area contributed by atoms with Crippen molar-refractivity contribution in [1.29, 1.82) is 0 Å². The first-order chi connectivity index (χ1) is 12.0. The van der Waals surface area contributed by atoms with Crippen molar-refractivity contribution in [3.05, 3.63) is 35.0 Å². The van der Waals surface area contributed by atoms with E-state index in [0.717, 1.165) is 11.8 Å². The van der Waals surface area contributed by atoms with Crippen LogP contribution in [-0.4, -0.2) is 45.3 Å². The molecule has 0 aliphatic carbocycles. The normalized spacial score (nSPS) is 10.3. The number of hydrogen-bond donors (Lipinski definition) is 2. The highest BCUT2D eigenvalue weighted by Crippen LogP contribution is 2.19. The van der Waals surface area contributed by atoms with Crippen molar-refractivity contribution in [2.75, 3.05) is 17.7 Å². The third-order valence-electron chi connectivity index (χ3n) is 2.72. The van der Waals surface area contributed by atoms with E-state index < -0.39 is 5.97 Å². The summed E-state index contributed by atoms with van der Waals surface area (Å²) >= 11 is 2.33. The molecule has 25 heavy (non-hydrogen) atoms. The van der Waals surface area contributed by atoms with E-state index >= 15 is 0 Å². The van der Waals surface area contributed by atoms with Gasteiger partial charge >= 0.3 is 11.9 Å². The average Bonchev–Trinajstić information content (AvgIpc) is 3.00. The van der Waals surface area contributed by atoms with Crippen molar-refractivity contribution in [3.63, 3.8) is 0 Å². The van der Waals surface area contributed by atoms with Gasteiger partial charge in [-0.05, 0) is 19.1 Å². The highest BCUT2D eigenvalue weighted by atomic mass is 32.2. The molecule has 2 aromatic rings. The van der Waals surface area contributed by atoms with Gasteiger partial charge < -0.3 is 15.2 Å². The van der Waals surface area contributed by atoms with E-state index in [9.17, 15) is 14.4 Å². The number of carboxylic acid groups (broad SMARTS) is 1. The number of carbonyl (C=O) groups excluding carboxylic acids is 2. The van der Waals surface area contributed by atoms with Gasteiger partial charge in [0.2, 0.25) is 5.91 Å². The number of pyridine rings is 1. The van der Waals surface area contributed by atoms with Gasteiger partial charge in [0, 0.05) is 5.38 Å². The molecule has 2 heterocycles. The Balaban J connectivity index is 1.84. The number of anilines is 1. The molecular weight excluding hydrogens is 366 g/mol. The van der Waals surface area contributed by atoms with Crippen molar-refractivity contribution in [2.45, 2.75) is 18.4 Å². The highest BCUT2D eigenvalue weighted by Gasteiger charge is 2.12. The van der Waals surface area contributed by atoms with Crippen molar-refractivity contribution in [1.82, 2.24) is 9.97 Å². The smallest absolute Gasteiger partial charge is 0.354 e. The molecule has 2 N–H and O–H groups in total. The molecule has 2 rings (SSSR count). The number of hydrogen-bond acceptors (Lipinski definition) is 8. The first-order valence-corrected chi connectivity index (χ1v) is 9.07. The van der Waals surface area contributed by atoms with Crippen LogP contribution >= 0.6 is 23.1 Å². The van der Waals surface area contributed by atoms with Crippen LogP contribution in [0.3, 0.4) is 0 Å². The van der Waals surface area contributed by atoms with Crippen LogP contribution in [0.15, 0.2) is 28.6 Å². The first-order valence-electron chi connectivity index (χ1n) is 7.21. The minimum Gasteiger partial charge on any atom is -0.477 e. The Bertz CT molecular complexity index is 778. The Hall–Kier alpha value is -2.46. The number of aromatic nitrogens is 2. The summed E-state index contributed by atoms with van der Waals surface area (Å²) < 4.78 is 4.84. The largest absolute Gasteiger partial charge is 0.477 e. The maximum atomic E-state index is 11.9. The fourth-order valence-corrected chi connectivity index (χ4v) is 3.13. The maximum absolute atomic E-state index is 11.9. The Kier molecular flexibility index (Phi) is 6.90. The zero-order chi connectivity index (χ0) is 18.2. The van der Waals surface area contributed by atoms with Crippen molar-refractivity contribution >= 4 is 46.1 Å². The molecule has 0 bridgehead atoms. The number of thioether (sulfide) groups is 1. The summed E-state index contributed by atoms with van der Waals surface area (Å²) in [6.07, 6.45) is 0.0564. The van der Waals surface area contributed by atoms with Crippen LogP contribution in [0.5, 0.6) is 0 Å². The molecule has 2 aromatic heterocycles. The van der Waals surface area contributed by atoms with Gasteiger partial charge in [-0.2, -0.15) is 0 Å². The molecule has 1 amide bonds. The lowest BCUT2D eigenvalue weighted by Gasteiger charge is -2.02. The SMILES string of the molecule is CCOC(=O)Cc1csc(NC(=O)CSc2cccc(C(=O)O)n2)n1. The molecule has 0 radical (unpaired) electrons. The van der Waals surface area contributed by atoms with Crippen LogP contribution in [0.25, 0.3) is 0 Å². The lowest BCUT2D eigenvalue weighted by atomic mass is 10.3. The predicted molar refractivity (Wildman–Crippen MR) is 93.0 cm³/mol. The monoisotopic (exact) mass is 381 g/mol. The molecule has 0 aliphatic heterocycles. The van der Waals surface area contributed by atoms with Crippen LogP contribution < -0.4 is 5.32 Å². The van der Waals surface area contributed by atoms with E-state index in [-0.39, 0.29) is 29.7 Å². The standard InChI is InChI=1S/C15H15N3O5S2/c1-2-23-13(20)6-9-7-25-15(16-9)18-11(19)8-24-12-5-3-4-10(17-12)14(21)22/h3-5,7H,2,6,8H2,1H3,(H,21,22)(H,16,18,19). The summed E-state index contributed by atoms with van der Waals surface area (Å²) in [5, 5.41) is 14.0. The van der Waals surface area contributed by atoms with Gasteiger partial charge in [-0.15, -0.1) is 11.3 Å². The Morgan fingerprint density at radius 2 is 2.12 bits per heavy atom. The molecule has 0 spiro atoms. The number of aromatic carboxylic acids is 1. The second-order valence-corrected chi connectivity index (χ2v) is 6.48. The summed E-state index contributed by atoms with van der Waals surface area (Å²) in [4.78, 5) is 42.3. The molecule has 0 unspecified atom stereocenters. The van der Waals surface area contributed by atoms with E-state index in [0.29, 0.717) is 22.5 Å². The third-order valence-corrected chi connectivity index (χ3v) is 4.46. The van der Waals surface area contributed by atoms with Crippen LogP contribution in [0.1, 0.15) is 23.1 Å². The van der Waals surface area contributed by atoms with Gasteiger partial charge in [-0.3, -0.25) is 9.59 Å². The van der Waals surface area contributed by atoms with Gasteiger partial charge in [-0.25, -0.2) is 14.8 Å². The summed E-state index contributed by atoms with van der Waals surface area (Å²) in [5.74, 6) is -1.73. The second kappa shape index (κ2) is 9.14. The molecule has 0 atom stereocenters. The fraction of sp³-hybridized carbons (Fsp3) is 0.267. The van der Waals surface area contributed by atoms with Crippen LogP contribution in [-0.2, 0) is 20.7 Å². The van der Waals surface area contributed by atoms with Gasteiger partial charge in [-0.1, -0.05) is 17.8 Å². The van der Waals surface area contributed by atoms with Gasteiger partial charge in [0.05, 0.1) is 29.5 Å². The number of thiazole rings is 1. The van der Waals surface area contributed by atoms with Crippen molar-refractivity contribution < 1.29 is 24.2 Å². The second-order valence-electron chi connectivity index (χ2n) is 4.63. The number of ether oxygens (including phenoxy) is 1. The van der Waals surface area contributed by atoms with E-state index in [2.05, 4.69) is 15.3 Å². The lowest BCUT2D eigenvalue weighted by molar-refractivity contribution is -0.142. The molecule has 132 valence electrons. The Labute approximate surface area is 151 Å². The van der Waals surface area contributed by atoms with Crippen molar-refractivity contribution in [3.8, 4) is 0 Å². The van der Waals surface area contributed by atoms with E-state index in [1.54, 1.807) is 24.4 Å². The molecule has 0 saturated heterocycles. The van der Waals surface area contributed by atoms with Crippen LogP contribution in [0, 0.1) is 0 Å². The fourth-order valence-electron chi connectivity index (χ4n) is 1.71. The molecule has 0 saturated carbocycles. The summed E-state index contributed by atoms with van der Waals surface area (Å²) in [6.45, 7) is 2.03. The molecular formula is C15H15N3O5S2. The molecule has 10 heteroatoms. The Morgan fingerprint density at radius 1 is 1.32 bits per heavy atom. The quantitative estimate of drug-likeness (QED) is 0.527. The molecule has 8 nitrogen and oxygen atoms in total. The van der Waals surface area contributed by atoms with E-state index in [1.807, 2.05) is 0 Å². The number of carbonyl (C=O) groups is 3. The molecule has 0 fully saturated rings. The zero-order valence-corrected chi connectivity index (χ0v) is 14.9. The van der Waals surface area contributed by atoms with Crippen LogP contribution in [0.4, 0.5) is 5.13 Å². The zero-order valence-electron chi connectivity index (χ0n) is 13.2. The Morgan fingerprint density at radius 3 is 2.84 bits per heavy atom. The minimum atomic E-state index is -1.12. The number of nitrogens with zero attached hydrogens (tertiary/aromatic N) is 2. The minimum absolute atomic E-state index is 0.0564. The number of esters is 1. The molecule has 0 aromatic carbocycles. The summed E-state index contributed by atoms with van der Waals surface area (Å²) in [7, 11) is 0. The topological polar surface area (TPSA) is 118 Å². The van der Waals surface area contributed by atoms with Gasteiger partial charge in [0.25, 0.3) is 0 Å². The lowest BCUT2D eigenvalue weighted by Crippen LogP contribution is -2.14. The number of amides is 1. The van der Waals surface area contributed by atoms with E-state index in [1.165, 1.54) is 17.4 Å². The number of rotatable bonds is 8. The summed E-state index contributed by atoms with van der Waals surface area (Å²) in [6, 6.07) is 4.58. The van der Waals surface area contributed by atoms with Gasteiger partial charge in [0.1, 0.15) is 5.69 Å². The summed E-state index contributed by atoms with van der Waals surface area (Å²) in [5.41, 5.74) is 0.455. The number of carboxylic acids is 1.